The minimum atomic E-state index is -3.03. The zero-order valence-corrected chi connectivity index (χ0v) is 15.9. The summed E-state index contributed by atoms with van der Waals surface area (Å²) < 4.78 is 21.0. The molecule has 0 saturated carbocycles. The minimum Gasteiger partial charge on any atom is -0.359 e. The molecule has 1 fully saturated rings. The van der Waals surface area contributed by atoms with E-state index in [1.54, 1.807) is 13.8 Å². The minimum absolute atomic E-state index is 0.00556. The molecule has 11 heteroatoms. The van der Waals surface area contributed by atoms with E-state index < -0.39 is 19.8 Å². The van der Waals surface area contributed by atoms with E-state index in [0.717, 1.165) is 0 Å². The highest BCUT2D eigenvalue weighted by atomic mass is 35.6. The Morgan fingerprint density at radius 2 is 1.86 bits per heavy atom. The Bertz CT molecular complexity index is 534. The highest BCUT2D eigenvalue weighted by molar-refractivity contribution is 7.91. The molecular weight excluding hydrogens is 393 g/mol. The summed E-state index contributed by atoms with van der Waals surface area (Å²) in [6.45, 7) is 3.40. The Labute approximate surface area is 150 Å². The number of alkyl halides is 3. The molecule has 0 aromatic carbocycles. The maximum atomic E-state index is 11.7. The lowest BCUT2D eigenvalue weighted by atomic mass is 10.2. The van der Waals surface area contributed by atoms with Crippen LogP contribution in [0.15, 0.2) is 0 Å². The van der Waals surface area contributed by atoms with Gasteiger partial charge in [-0.3, -0.25) is 4.79 Å². The maximum Gasteiger partial charge on any atom is 0.228 e. The topological polar surface area (TPSA) is 87.3 Å². The quantitative estimate of drug-likeness (QED) is 0.365. The standard InChI is InChI=1S/C11H18Cl3N3O3S2/c1-6(2)8(18)16-9(11(12,13)14)17-10(21)15-7-3-4-22(19,20)5-7/h6-7,9H,3-5H2,1-2H3,(H,16,18)(H2,15,17,21)/t7-,9+/m0/s1. The Kier molecular flexibility index (Phi) is 7.01. The second kappa shape index (κ2) is 7.70. The predicted molar refractivity (Wildman–Crippen MR) is 93.0 cm³/mol. The van der Waals surface area contributed by atoms with Gasteiger partial charge in [-0.25, -0.2) is 8.42 Å². The van der Waals surface area contributed by atoms with Crippen LogP contribution in [0, 0.1) is 5.92 Å². The molecule has 128 valence electrons. The molecular formula is C11H18Cl3N3O3S2. The first-order valence-electron chi connectivity index (χ1n) is 6.55. The molecule has 0 radical (unpaired) electrons. The first-order chi connectivity index (χ1) is 9.90. The maximum absolute atomic E-state index is 11.7. The molecule has 1 aliphatic rings. The van der Waals surface area contributed by atoms with Crippen LogP contribution >= 0.6 is 47.0 Å². The van der Waals surface area contributed by atoms with Gasteiger partial charge in [0.2, 0.25) is 9.70 Å². The van der Waals surface area contributed by atoms with Crippen molar-refractivity contribution in [2.45, 2.75) is 36.3 Å². The lowest BCUT2D eigenvalue weighted by molar-refractivity contribution is -0.124. The van der Waals surface area contributed by atoms with E-state index in [0.29, 0.717) is 6.42 Å². The van der Waals surface area contributed by atoms with Gasteiger partial charge in [-0.15, -0.1) is 0 Å². The van der Waals surface area contributed by atoms with Crippen LogP contribution in [0.1, 0.15) is 20.3 Å². The molecule has 0 aliphatic carbocycles. The predicted octanol–water partition coefficient (Wildman–Crippen LogP) is 1.11. The average molecular weight is 411 g/mol. The van der Waals surface area contributed by atoms with Gasteiger partial charge in [0.15, 0.2) is 14.9 Å². The van der Waals surface area contributed by atoms with Crippen LogP contribution in [-0.2, 0) is 14.6 Å². The summed E-state index contributed by atoms with van der Waals surface area (Å²) in [4.78, 5) is 11.7. The van der Waals surface area contributed by atoms with Crippen molar-refractivity contribution >= 4 is 67.9 Å². The molecule has 1 amide bonds. The number of carbonyl (C=O) groups excluding carboxylic acids is 1. The van der Waals surface area contributed by atoms with Crippen LogP contribution in [0.3, 0.4) is 0 Å². The Morgan fingerprint density at radius 1 is 1.27 bits per heavy atom. The van der Waals surface area contributed by atoms with E-state index in [1.807, 2.05) is 0 Å². The average Bonchev–Trinajstić information content (AvgIpc) is 2.66. The zero-order valence-electron chi connectivity index (χ0n) is 12.0. The lowest BCUT2D eigenvalue weighted by Gasteiger charge is -2.29. The second-order valence-electron chi connectivity index (χ2n) is 5.36. The van der Waals surface area contributed by atoms with Crippen LogP contribution in [0.4, 0.5) is 0 Å². The molecule has 22 heavy (non-hydrogen) atoms. The van der Waals surface area contributed by atoms with E-state index >= 15 is 0 Å². The third kappa shape index (κ3) is 6.62. The Hall–Kier alpha value is -0.0200. The van der Waals surface area contributed by atoms with Crippen LogP contribution < -0.4 is 16.0 Å². The number of hydrogen-bond donors (Lipinski definition) is 3. The number of sulfone groups is 1. The Morgan fingerprint density at radius 3 is 2.27 bits per heavy atom. The van der Waals surface area contributed by atoms with Crippen molar-refractivity contribution in [2.75, 3.05) is 11.5 Å². The normalized spacial score (nSPS) is 22.2. The van der Waals surface area contributed by atoms with Crippen molar-refractivity contribution in [2.24, 2.45) is 5.92 Å². The second-order valence-corrected chi connectivity index (χ2v) is 10.4. The first kappa shape index (κ1) is 20.0. The van der Waals surface area contributed by atoms with Gasteiger partial charge in [-0.1, -0.05) is 48.7 Å². The van der Waals surface area contributed by atoms with Crippen LogP contribution in [0.5, 0.6) is 0 Å². The number of hydrogen-bond acceptors (Lipinski definition) is 4. The van der Waals surface area contributed by atoms with Gasteiger partial charge in [0.05, 0.1) is 11.5 Å². The summed E-state index contributed by atoms with van der Waals surface area (Å²) >= 11 is 22.6. The Balaban J connectivity index is 2.62. The van der Waals surface area contributed by atoms with Crippen molar-refractivity contribution in [1.82, 2.24) is 16.0 Å². The highest BCUT2D eigenvalue weighted by Crippen LogP contribution is 2.29. The van der Waals surface area contributed by atoms with Gasteiger partial charge in [0, 0.05) is 12.0 Å². The molecule has 1 aliphatic heterocycles. The smallest absolute Gasteiger partial charge is 0.228 e. The number of halogens is 3. The molecule has 1 saturated heterocycles. The fourth-order valence-electron chi connectivity index (χ4n) is 1.78. The van der Waals surface area contributed by atoms with Crippen LogP contribution in [0.2, 0.25) is 0 Å². The lowest BCUT2D eigenvalue weighted by Crippen LogP contribution is -2.59. The summed E-state index contributed by atoms with van der Waals surface area (Å²) in [6, 6.07) is -0.290. The first-order valence-corrected chi connectivity index (χ1v) is 9.91. The van der Waals surface area contributed by atoms with E-state index in [-0.39, 0.29) is 34.5 Å². The highest BCUT2D eigenvalue weighted by Gasteiger charge is 2.36. The van der Waals surface area contributed by atoms with Gasteiger partial charge < -0.3 is 16.0 Å². The summed E-state index contributed by atoms with van der Waals surface area (Å²) in [5.41, 5.74) is 0. The fourth-order valence-corrected chi connectivity index (χ4v) is 4.06. The molecule has 1 heterocycles. The summed E-state index contributed by atoms with van der Waals surface area (Å²) in [5.74, 6) is -0.482. The van der Waals surface area contributed by atoms with Gasteiger partial charge in [-0.05, 0) is 18.6 Å². The SMILES string of the molecule is CC(C)C(=O)N[C@H](NC(=S)N[C@H]1CCS(=O)(=O)C1)C(Cl)(Cl)Cl. The van der Waals surface area contributed by atoms with E-state index in [2.05, 4.69) is 16.0 Å². The van der Waals surface area contributed by atoms with Crippen LogP contribution in [0.25, 0.3) is 0 Å². The molecule has 2 atom stereocenters. The zero-order chi connectivity index (χ0) is 17.1. The molecule has 0 unspecified atom stereocenters. The third-order valence-corrected chi connectivity index (χ3v) is 5.64. The monoisotopic (exact) mass is 409 g/mol. The third-order valence-electron chi connectivity index (χ3n) is 2.98. The largest absolute Gasteiger partial charge is 0.359 e. The molecule has 3 N–H and O–H groups in total. The van der Waals surface area contributed by atoms with E-state index in [9.17, 15) is 13.2 Å². The molecule has 1 rings (SSSR count). The van der Waals surface area contributed by atoms with Crippen LogP contribution in [-0.4, -0.2) is 46.9 Å². The van der Waals surface area contributed by atoms with Gasteiger partial charge in [0.25, 0.3) is 0 Å². The van der Waals surface area contributed by atoms with Gasteiger partial charge in [-0.2, -0.15) is 0 Å². The number of carbonyl (C=O) groups is 1. The van der Waals surface area contributed by atoms with E-state index in [4.69, 9.17) is 47.0 Å². The molecule has 0 spiro atoms. The van der Waals surface area contributed by atoms with Crippen molar-refractivity contribution in [3.8, 4) is 0 Å². The molecule has 0 aromatic rings. The summed E-state index contributed by atoms with van der Waals surface area (Å²) in [5, 5.41) is 8.20. The summed E-state index contributed by atoms with van der Waals surface area (Å²) in [7, 11) is -3.03. The number of nitrogens with one attached hydrogen (secondary N) is 3. The molecule has 0 bridgehead atoms. The fraction of sp³-hybridized carbons (Fsp3) is 0.818. The van der Waals surface area contributed by atoms with Crippen molar-refractivity contribution in [3.05, 3.63) is 0 Å². The van der Waals surface area contributed by atoms with Crippen molar-refractivity contribution < 1.29 is 13.2 Å². The van der Waals surface area contributed by atoms with Gasteiger partial charge >= 0.3 is 0 Å². The van der Waals surface area contributed by atoms with Crippen molar-refractivity contribution in [1.29, 1.82) is 0 Å². The van der Waals surface area contributed by atoms with E-state index in [1.165, 1.54) is 0 Å². The summed E-state index contributed by atoms with van der Waals surface area (Å²) in [6.07, 6.45) is -0.577. The number of amides is 1. The van der Waals surface area contributed by atoms with Gasteiger partial charge in [0.1, 0.15) is 6.17 Å². The molecule has 6 nitrogen and oxygen atoms in total. The van der Waals surface area contributed by atoms with Crippen molar-refractivity contribution in [3.63, 3.8) is 0 Å². The molecule has 0 aromatic heterocycles. The number of thiocarbonyl (C=S) groups is 1. The number of rotatable bonds is 4.